The molecule has 3 N–H and O–H groups in total. The van der Waals surface area contributed by atoms with Crippen LogP contribution in [0.1, 0.15) is 22.8 Å². The predicted molar refractivity (Wildman–Crippen MR) is 133 cm³/mol. The molecule has 0 fully saturated rings. The van der Waals surface area contributed by atoms with Crippen molar-refractivity contribution in [2.45, 2.75) is 38.0 Å². The van der Waals surface area contributed by atoms with Gasteiger partial charge in [0.25, 0.3) is 0 Å². The molecule has 0 saturated heterocycles. The van der Waals surface area contributed by atoms with E-state index in [2.05, 4.69) is 25.6 Å². The number of imidazole rings is 2. The zero-order valence-electron chi connectivity index (χ0n) is 21.3. The zero-order valence-corrected chi connectivity index (χ0v) is 21.3. The molecule has 3 heterocycles. The molecular formula is C24H34N8O4. The average Bonchev–Trinajstić information content (AvgIpc) is 3.54. The van der Waals surface area contributed by atoms with E-state index >= 15 is 0 Å². The van der Waals surface area contributed by atoms with E-state index in [-0.39, 0.29) is 11.9 Å². The van der Waals surface area contributed by atoms with Gasteiger partial charge in [-0.15, -0.1) is 0 Å². The topological polar surface area (TPSA) is 139 Å². The van der Waals surface area contributed by atoms with Crippen LogP contribution in [0.4, 0.5) is 5.69 Å². The smallest absolute Gasteiger partial charge is 0.323 e. The lowest BCUT2D eigenvalue weighted by Gasteiger charge is -2.19. The normalized spacial score (nSPS) is 12.7. The average molecular weight is 499 g/mol. The molecular weight excluding hydrogens is 464 g/mol. The number of hydrogen-bond acceptors (Lipinski definition) is 10. The van der Waals surface area contributed by atoms with Crippen molar-refractivity contribution >= 4 is 17.6 Å². The van der Waals surface area contributed by atoms with Crippen molar-refractivity contribution in [3.63, 3.8) is 0 Å². The third-order valence-electron chi connectivity index (χ3n) is 5.61. The summed E-state index contributed by atoms with van der Waals surface area (Å²) in [7, 11) is 8.49. The van der Waals surface area contributed by atoms with Gasteiger partial charge in [-0.2, -0.15) is 0 Å². The summed E-state index contributed by atoms with van der Waals surface area (Å²) in [5.74, 6) is -0.739. The van der Waals surface area contributed by atoms with E-state index in [9.17, 15) is 9.59 Å². The molecule has 0 aromatic carbocycles. The first-order chi connectivity index (χ1) is 17.3. The summed E-state index contributed by atoms with van der Waals surface area (Å²) >= 11 is 0. The standard InChI is InChI=1S/C24H34N8O4/c1-31(2)20-6-17(11-26-21(23(33)35-4)8-16-10-25-14-28-16)30-18(7-20)12-27-22(24(34)36-5)9-19-13-32(3)15-29-19/h6-7,10,13-15,21-22,26-27H,8-9,11-12H2,1-5H3,(H,25,28)/t21-,22-/m0/s1. The lowest BCUT2D eigenvalue weighted by atomic mass is 10.1. The Morgan fingerprint density at radius 2 is 1.64 bits per heavy atom. The fraction of sp³-hybridized carbons (Fsp3) is 0.458. The Hall–Kier alpha value is -3.77. The van der Waals surface area contributed by atoms with Crippen LogP contribution in [0.2, 0.25) is 0 Å². The van der Waals surface area contributed by atoms with Gasteiger partial charge in [0.05, 0.1) is 44.0 Å². The van der Waals surface area contributed by atoms with Crippen molar-refractivity contribution in [2.24, 2.45) is 7.05 Å². The van der Waals surface area contributed by atoms with Crippen LogP contribution in [0.15, 0.2) is 37.2 Å². The van der Waals surface area contributed by atoms with E-state index < -0.39 is 12.1 Å². The van der Waals surface area contributed by atoms with E-state index in [4.69, 9.17) is 14.5 Å². The van der Waals surface area contributed by atoms with Crippen LogP contribution >= 0.6 is 0 Å². The monoisotopic (exact) mass is 498 g/mol. The Bertz CT molecular complexity index is 1130. The summed E-state index contributed by atoms with van der Waals surface area (Å²) < 4.78 is 11.8. The van der Waals surface area contributed by atoms with Crippen LogP contribution in [0.3, 0.4) is 0 Å². The molecule has 194 valence electrons. The summed E-state index contributed by atoms with van der Waals surface area (Å²) in [6, 6.07) is 2.76. The largest absolute Gasteiger partial charge is 0.468 e. The van der Waals surface area contributed by atoms with Crippen LogP contribution in [0, 0.1) is 0 Å². The van der Waals surface area contributed by atoms with Crippen molar-refractivity contribution in [1.29, 1.82) is 0 Å². The molecule has 0 amide bonds. The predicted octanol–water partition coefficient (Wildman–Crippen LogP) is 0.352. The van der Waals surface area contributed by atoms with Crippen LogP contribution in [0.5, 0.6) is 0 Å². The zero-order chi connectivity index (χ0) is 26.1. The number of hydrogen-bond donors (Lipinski definition) is 3. The summed E-state index contributed by atoms with van der Waals surface area (Å²) in [5.41, 5.74) is 4.04. The maximum Gasteiger partial charge on any atom is 0.323 e. The number of nitrogens with zero attached hydrogens (tertiary/aromatic N) is 5. The minimum Gasteiger partial charge on any atom is -0.468 e. The maximum atomic E-state index is 12.4. The number of nitrogens with one attached hydrogen (secondary N) is 3. The molecule has 0 spiro atoms. The van der Waals surface area contributed by atoms with Gasteiger partial charge in [0.15, 0.2) is 0 Å². The number of pyridine rings is 1. The Morgan fingerprint density at radius 3 is 2.11 bits per heavy atom. The first kappa shape index (κ1) is 26.8. The number of H-pyrrole nitrogens is 1. The lowest BCUT2D eigenvalue weighted by Crippen LogP contribution is -2.40. The SMILES string of the molecule is COC(=O)[C@H](Cc1cn(C)cn1)NCc1cc(N(C)C)cc(CN[C@@H](Cc2cnc[nH]2)C(=O)OC)n1. The third kappa shape index (κ3) is 7.62. The third-order valence-corrected chi connectivity index (χ3v) is 5.61. The molecule has 3 aromatic rings. The number of methoxy groups -OCH3 is 2. The summed E-state index contributed by atoms with van der Waals surface area (Å²) in [6.07, 6.45) is 7.61. The molecule has 12 heteroatoms. The highest BCUT2D eigenvalue weighted by Crippen LogP contribution is 2.16. The van der Waals surface area contributed by atoms with Gasteiger partial charge in [0.2, 0.25) is 0 Å². The number of ether oxygens (including phenoxy) is 2. The number of carbonyl (C=O) groups is 2. The van der Waals surface area contributed by atoms with Gasteiger partial charge in [-0.05, 0) is 12.1 Å². The quantitative estimate of drug-likeness (QED) is 0.283. The van der Waals surface area contributed by atoms with Crippen LogP contribution in [-0.4, -0.2) is 76.8 Å². The van der Waals surface area contributed by atoms with E-state index in [1.165, 1.54) is 14.2 Å². The lowest BCUT2D eigenvalue weighted by molar-refractivity contribution is -0.144. The second kappa shape index (κ2) is 12.8. The fourth-order valence-electron chi connectivity index (χ4n) is 3.69. The summed E-state index contributed by atoms with van der Waals surface area (Å²) in [6.45, 7) is 0.687. The van der Waals surface area contributed by atoms with Gasteiger partial charge in [-0.3, -0.25) is 25.2 Å². The number of aromatic amines is 1. The van der Waals surface area contributed by atoms with Gasteiger partial charge in [0, 0.05) is 70.8 Å². The van der Waals surface area contributed by atoms with E-state index in [1.54, 1.807) is 18.9 Å². The first-order valence-corrected chi connectivity index (χ1v) is 11.5. The van der Waals surface area contributed by atoms with Crippen molar-refractivity contribution in [2.75, 3.05) is 33.2 Å². The second-order valence-electron chi connectivity index (χ2n) is 8.63. The van der Waals surface area contributed by atoms with Gasteiger partial charge in [-0.25, -0.2) is 9.97 Å². The van der Waals surface area contributed by atoms with Crippen molar-refractivity contribution in [1.82, 2.24) is 35.1 Å². The molecule has 2 atom stereocenters. The van der Waals surface area contributed by atoms with E-state index in [1.807, 2.05) is 48.9 Å². The Labute approximate surface area is 210 Å². The van der Waals surface area contributed by atoms with Gasteiger partial charge >= 0.3 is 11.9 Å². The van der Waals surface area contributed by atoms with Crippen molar-refractivity contribution in [3.05, 3.63) is 60.0 Å². The molecule has 3 aromatic heterocycles. The second-order valence-corrected chi connectivity index (χ2v) is 8.63. The number of anilines is 1. The molecule has 0 unspecified atom stereocenters. The number of esters is 2. The van der Waals surface area contributed by atoms with Crippen LogP contribution < -0.4 is 15.5 Å². The minimum absolute atomic E-state index is 0.343. The van der Waals surface area contributed by atoms with Gasteiger partial charge in [-0.1, -0.05) is 0 Å². The Kier molecular flexibility index (Phi) is 9.53. The van der Waals surface area contributed by atoms with E-state index in [0.717, 1.165) is 28.5 Å². The molecule has 0 radical (unpaired) electrons. The van der Waals surface area contributed by atoms with Gasteiger partial charge < -0.3 is 23.9 Å². The summed E-state index contributed by atoms with van der Waals surface area (Å²) in [5, 5.41) is 6.49. The molecule has 12 nitrogen and oxygen atoms in total. The molecule has 0 saturated carbocycles. The highest BCUT2D eigenvalue weighted by atomic mass is 16.5. The molecule has 0 bridgehead atoms. The molecule has 0 aliphatic carbocycles. The Balaban J connectivity index is 1.72. The molecule has 0 aliphatic rings. The van der Waals surface area contributed by atoms with Gasteiger partial charge in [0.1, 0.15) is 12.1 Å². The Morgan fingerprint density at radius 1 is 1.03 bits per heavy atom. The molecule has 36 heavy (non-hydrogen) atoms. The van der Waals surface area contributed by atoms with Crippen LogP contribution in [0.25, 0.3) is 0 Å². The fourth-order valence-corrected chi connectivity index (χ4v) is 3.69. The summed E-state index contributed by atoms with van der Waals surface area (Å²) in [4.78, 5) is 42.7. The maximum absolute atomic E-state index is 12.4. The molecule has 0 aliphatic heterocycles. The van der Waals surface area contributed by atoms with E-state index in [0.29, 0.717) is 25.9 Å². The number of aryl methyl sites for hydroxylation is 1. The number of aromatic nitrogens is 5. The molecule has 3 rings (SSSR count). The highest BCUT2D eigenvalue weighted by molar-refractivity contribution is 5.76. The van der Waals surface area contributed by atoms with Crippen molar-refractivity contribution < 1.29 is 19.1 Å². The number of rotatable bonds is 13. The first-order valence-electron chi connectivity index (χ1n) is 11.5. The van der Waals surface area contributed by atoms with Crippen molar-refractivity contribution in [3.8, 4) is 0 Å². The highest BCUT2D eigenvalue weighted by Gasteiger charge is 2.22. The minimum atomic E-state index is -0.575. The van der Waals surface area contributed by atoms with Crippen LogP contribution in [-0.2, 0) is 52.0 Å². The number of carbonyl (C=O) groups excluding carboxylic acids is 2.